The third kappa shape index (κ3) is 2.13. The van der Waals surface area contributed by atoms with Gasteiger partial charge in [0.05, 0.1) is 5.69 Å². The van der Waals surface area contributed by atoms with Gasteiger partial charge in [0, 0.05) is 17.4 Å². The van der Waals surface area contributed by atoms with Gasteiger partial charge in [0.15, 0.2) is 5.82 Å². The summed E-state index contributed by atoms with van der Waals surface area (Å²) in [5, 5.41) is 6.49. The lowest BCUT2D eigenvalue weighted by molar-refractivity contribution is 0.618. The molecule has 0 saturated carbocycles. The van der Waals surface area contributed by atoms with Gasteiger partial charge >= 0.3 is 0 Å². The number of rotatable bonds is 3. The van der Waals surface area contributed by atoms with E-state index in [0.717, 1.165) is 22.6 Å². The number of aromatic nitrogens is 3. The van der Waals surface area contributed by atoms with Crippen LogP contribution >= 0.6 is 11.3 Å². The Kier molecular flexibility index (Phi) is 3.04. The average Bonchev–Trinajstić information content (AvgIpc) is 2.95. The largest absolute Gasteiger partial charge is 0.330 e. The van der Waals surface area contributed by atoms with Crippen LogP contribution in [0.25, 0.3) is 16.3 Å². The number of aryl methyl sites for hydroxylation is 1. The molecule has 4 nitrogen and oxygen atoms in total. The molecule has 0 bridgehead atoms. The van der Waals surface area contributed by atoms with Gasteiger partial charge in [-0.05, 0) is 37.2 Å². The molecule has 3 rings (SSSR count). The molecule has 2 heterocycles. The minimum Gasteiger partial charge on any atom is -0.330 e. The van der Waals surface area contributed by atoms with Crippen molar-refractivity contribution in [2.45, 2.75) is 13.3 Å². The number of nitrogens with zero attached hydrogens (tertiary/aromatic N) is 3. The maximum absolute atomic E-state index is 13.3. The molecular formula is C13H13FN4S. The van der Waals surface area contributed by atoms with E-state index in [9.17, 15) is 4.39 Å². The smallest absolute Gasteiger partial charge is 0.212 e. The van der Waals surface area contributed by atoms with Crippen molar-refractivity contribution < 1.29 is 4.39 Å². The highest BCUT2D eigenvalue weighted by atomic mass is 32.1. The van der Waals surface area contributed by atoms with Crippen LogP contribution in [0, 0.1) is 12.7 Å². The predicted molar refractivity (Wildman–Crippen MR) is 73.8 cm³/mol. The van der Waals surface area contributed by atoms with E-state index in [1.54, 1.807) is 19.1 Å². The molecule has 0 atom stereocenters. The lowest BCUT2D eigenvalue weighted by Gasteiger charge is -1.99. The molecule has 6 heteroatoms. The number of hydrogen-bond donors (Lipinski definition) is 1. The highest BCUT2D eigenvalue weighted by Crippen LogP contribution is 2.22. The fraction of sp³-hybridized carbons (Fsp3) is 0.231. The number of thiazole rings is 1. The van der Waals surface area contributed by atoms with E-state index in [4.69, 9.17) is 5.73 Å². The quantitative estimate of drug-likeness (QED) is 0.799. The van der Waals surface area contributed by atoms with Gasteiger partial charge in [-0.25, -0.2) is 8.91 Å². The Labute approximate surface area is 113 Å². The number of fused-ring (bicyclic) bond motifs is 1. The Bertz CT molecular complexity index is 731. The summed E-state index contributed by atoms with van der Waals surface area (Å²) < 4.78 is 15.1. The molecule has 0 saturated heterocycles. The Hall–Kier alpha value is -1.79. The van der Waals surface area contributed by atoms with Gasteiger partial charge < -0.3 is 5.73 Å². The maximum Gasteiger partial charge on any atom is 0.212 e. The molecular weight excluding hydrogens is 263 g/mol. The summed E-state index contributed by atoms with van der Waals surface area (Å²) in [5.41, 5.74) is 8.04. The van der Waals surface area contributed by atoms with Gasteiger partial charge in [-0.15, -0.1) is 16.4 Å². The molecule has 3 aromatic rings. The Morgan fingerprint density at radius 2 is 2.26 bits per heavy atom. The first-order valence-electron chi connectivity index (χ1n) is 5.99. The third-order valence-corrected chi connectivity index (χ3v) is 3.83. The lowest BCUT2D eigenvalue weighted by atomic mass is 10.1. The zero-order valence-corrected chi connectivity index (χ0v) is 11.2. The standard InChI is InChI=1S/C13H13FN4S/c1-8-6-9(2-3-11(8)14)12-16-13-18(17-12)10(4-5-15)7-19-13/h2-3,6-7H,4-5,15H2,1H3. The van der Waals surface area contributed by atoms with Crippen LogP contribution in [0.1, 0.15) is 11.3 Å². The van der Waals surface area contributed by atoms with Crippen LogP contribution in [-0.2, 0) is 6.42 Å². The number of halogens is 1. The van der Waals surface area contributed by atoms with E-state index in [2.05, 4.69) is 10.1 Å². The SMILES string of the molecule is Cc1cc(-c2nc3scc(CCN)n3n2)ccc1F. The minimum absolute atomic E-state index is 0.214. The summed E-state index contributed by atoms with van der Waals surface area (Å²) in [7, 11) is 0. The summed E-state index contributed by atoms with van der Waals surface area (Å²) in [6, 6.07) is 4.91. The van der Waals surface area contributed by atoms with Crippen molar-refractivity contribution >= 4 is 16.3 Å². The first kappa shape index (κ1) is 12.3. The fourth-order valence-corrected chi connectivity index (χ4v) is 2.81. The van der Waals surface area contributed by atoms with Gasteiger partial charge in [0.1, 0.15) is 5.82 Å². The van der Waals surface area contributed by atoms with Crippen molar-refractivity contribution in [1.82, 2.24) is 14.6 Å². The highest BCUT2D eigenvalue weighted by molar-refractivity contribution is 7.15. The van der Waals surface area contributed by atoms with E-state index in [0.29, 0.717) is 17.9 Å². The van der Waals surface area contributed by atoms with Gasteiger partial charge in [0.25, 0.3) is 0 Å². The first-order chi connectivity index (χ1) is 9.19. The van der Waals surface area contributed by atoms with Crippen LogP contribution in [0.4, 0.5) is 4.39 Å². The van der Waals surface area contributed by atoms with Crippen molar-refractivity contribution in [1.29, 1.82) is 0 Å². The molecule has 0 unspecified atom stereocenters. The van der Waals surface area contributed by atoms with Crippen LogP contribution in [0.2, 0.25) is 0 Å². The molecule has 98 valence electrons. The van der Waals surface area contributed by atoms with Crippen LogP contribution in [0.3, 0.4) is 0 Å². The Morgan fingerprint density at radius 1 is 1.42 bits per heavy atom. The summed E-state index contributed by atoms with van der Waals surface area (Å²) in [4.78, 5) is 5.30. The van der Waals surface area contributed by atoms with Crippen LogP contribution in [0.5, 0.6) is 0 Å². The average molecular weight is 276 g/mol. The predicted octanol–water partition coefficient (Wildman–Crippen LogP) is 2.41. The number of benzene rings is 1. The van der Waals surface area contributed by atoms with E-state index in [-0.39, 0.29) is 5.82 Å². The maximum atomic E-state index is 13.3. The zero-order valence-electron chi connectivity index (χ0n) is 10.4. The molecule has 0 aliphatic heterocycles. The van der Waals surface area contributed by atoms with E-state index >= 15 is 0 Å². The molecule has 19 heavy (non-hydrogen) atoms. The second-order valence-electron chi connectivity index (χ2n) is 4.36. The van der Waals surface area contributed by atoms with E-state index < -0.39 is 0 Å². The molecule has 2 N–H and O–H groups in total. The lowest BCUT2D eigenvalue weighted by Crippen LogP contribution is -2.05. The number of hydrogen-bond acceptors (Lipinski definition) is 4. The van der Waals surface area contributed by atoms with Gasteiger partial charge in [-0.3, -0.25) is 0 Å². The van der Waals surface area contributed by atoms with E-state index in [1.165, 1.54) is 17.4 Å². The molecule has 0 amide bonds. The third-order valence-electron chi connectivity index (χ3n) is 2.97. The highest BCUT2D eigenvalue weighted by Gasteiger charge is 2.11. The topological polar surface area (TPSA) is 56.2 Å². The minimum atomic E-state index is -0.214. The summed E-state index contributed by atoms with van der Waals surface area (Å²) in [6.07, 6.45) is 0.769. The van der Waals surface area contributed by atoms with Gasteiger partial charge in [-0.1, -0.05) is 0 Å². The van der Waals surface area contributed by atoms with Crippen molar-refractivity contribution in [3.63, 3.8) is 0 Å². The molecule has 1 aromatic carbocycles. The molecule has 0 radical (unpaired) electrons. The molecule has 2 aromatic heterocycles. The molecule has 0 aliphatic carbocycles. The monoisotopic (exact) mass is 276 g/mol. The van der Waals surface area contributed by atoms with E-state index in [1.807, 2.05) is 9.90 Å². The second-order valence-corrected chi connectivity index (χ2v) is 5.20. The van der Waals surface area contributed by atoms with Crippen molar-refractivity contribution in [3.05, 3.63) is 40.7 Å². The van der Waals surface area contributed by atoms with Crippen LogP contribution < -0.4 is 5.73 Å². The summed E-state index contributed by atoms with van der Waals surface area (Å²) in [5.74, 6) is 0.404. The van der Waals surface area contributed by atoms with Crippen molar-refractivity contribution in [2.24, 2.45) is 5.73 Å². The second kappa shape index (κ2) is 4.71. The first-order valence-corrected chi connectivity index (χ1v) is 6.87. The Morgan fingerprint density at radius 3 is 3.00 bits per heavy atom. The summed E-state index contributed by atoms with van der Waals surface area (Å²) in [6.45, 7) is 2.31. The zero-order chi connectivity index (χ0) is 13.4. The summed E-state index contributed by atoms with van der Waals surface area (Å²) >= 11 is 1.54. The van der Waals surface area contributed by atoms with Crippen molar-refractivity contribution in [3.8, 4) is 11.4 Å². The van der Waals surface area contributed by atoms with Crippen molar-refractivity contribution in [2.75, 3.05) is 6.54 Å². The molecule has 0 spiro atoms. The molecule has 0 fully saturated rings. The number of nitrogens with two attached hydrogens (primary N) is 1. The van der Waals surface area contributed by atoms with Crippen LogP contribution in [-0.4, -0.2) is 21.1 Å². The van der Waals surface area contributed by atoms with Crippen LogP contribution in [0.15, 0.2) is 23.6 Å². The van der Waals surface area contributed by atoms with Gasteiger partial charge in [0.2, 0.25) is 4.96 Å². The fourth-order valence-electron chi connectivity index (χ4n) is 1.95. The van der Waals surface area contributed by atoms with Gasteiger partial charge in [-0.2, -0.15) is 4.98 Å². The Balaban J connectivity index is 2.07. The normalized spacial score (nSPS) is 11.3. The molecule has 0 aliphatic rings.